The number of aromatic nitrogens is 2. The van der Waals surface area contributed by atoms with Crippen LogP contribution in [0.3, 0.4) is 0 Å². The van der Waals surface area contributed by atoms with Gasteiger partial charge in [-0.15, -0.1) is 0 Å². The van der Waals surface area contributed by atoms with Crippen LogP contribution in [0.25, 0.3) is 0 Å². The first-order valence-electron chi connectivity index (χ1n) is 5.57. The number of halogens is 3. The fourth-order valence-corrected chi connectivity index (χ4v) is 2.04. The molecule has 0 radical (unpaired) electrons. The van der Waals surface area contributed by atoms with E-state index >= 15 is 0 Å². The summed E-state index contributed by atoms with van der Waals surface area (Å²) in [5.74, 6) is 0.246. The van der Waals surface area contributed by atoms with Gasteiger partial charge in [0.1, 0.15) is 11.5 Å². The maximum Gasteiger partial charge on any atom is 0.275 e. The van der Waals surface area contributed by atoms with Gasteiger partial charge in [-0.05, 0) is 25.9 Å². The number of piperidine rings is 1. The number of hydrogen-bond donors (Lipinski definition) is 2. The zero-order chi connectivity index (χ0) is 12.4. The molecule has 1 unspecified atom stereocenters. The minimum absolute atomic E-state index is 0.0647. The van der Waals surface area contributed by atoms with E-state index in [-0.39, 0.29) is 17.6 Å². The van der Waals surface area contributed by atoms with Crippen LogP contribution in [0.2, 0.25) is 0 Å². The van der Waals surface area contributed by atoms with Crippen molar-refractivity contribution < 1.29 is 13.2 Å². The molecule has 7 heteroatoms. The summed E-state index contributed by atoms with van der Waals surface area (Å²) in [5, 5.41) is 7.04. The van der Waals surface area contributed by atoms with E-state index in [0.717, 1.165) is 25.9 Å². The van der Waals surface area contributed by atoms with Crippen molar-refractivity contribution in [2.45, 2.75) is 31.5 Å². The largest absolute Gasteiger partial charge is 0.384 e. The molecular formula is C10H15F3N4. The van der Waals surface area contributed by atoms with Gasteiger partial charge in [0.25, 0.3) is 6.43 Å². The van der Waals surface area contributed by atoms with Gasteiger partial charge < -0.3 is 11.1 Å². The summed E-state index contributed by atoms with van der Waals surface area (Å²) in [5.41, 5.74) is 5.40. The van der Waals surface area contributed by atoms with Gasteiger partial charge in [0, 0.05) is 6.07 Å². The lowest BCUT2D eigenvalue weighted by atomic mass is 10.1. The topological polar surface area (TPSA) is 55.9 Å². The number of nitrogens with zero attached hydrogens (tertiary/aromatic N) is 2. The summed E-state index contributed by atoms with van der Waals surface area (Å²) in [6.45, 7) is 1.65. The molecule has 4 nitrogen and oxygen atoms in total. The van der Waals surface area contributed by atoms with E-state index in [1.807, 2.05) is 0 Å². The van der Waals surface area contributed by atoms with E-state index in [1.165, 1.54) is 10.7 Å². The number of alkyl halides is 3. The summed E-state index contributed by atoms with van der Waals surface area (Å²) in [6.07, 6.45) is -3.79. The molecule has 3 N–H and O–H groups in total. The third kappa shape index (κ3) is 2.54. The predicted octanol–water partition coefficient (Wildman–Crippen LogP) is 1.67. The second-order valence-electron chi connectivity index (χ2n) is 4.16. The highest BCUT2D eigenvalue weighted by molar-refractivity contribution is 5.32. The number of nitrogen functional groups attached to an aromatic ring is 1. The van der Waals surface area contributed by atoms with Crippen LogP contribution in [0.4, 0.5) is 19.0 Å². The monoisotopic (exact) mass is 248 g/mol. The third-order valence-electron chi connectivity index (χ3n) is 2.94. The van der Waals surface area contributed by atoms with Gasteiger partial charge in [0.05, 0.1) is 6.04 Å². The molecule has 0 bridgehead atoms. The van der Waals surface area contributed by atoms with Crippen molar-refractivity contribution in [3.8, 4) is 0 Å². The Hall–Kier alpha value is -1.24. The van der Waals surface area contributed by atoms with Gasteiger partial charge in [-0.25, -0.2) is 17.9 Å². The number of anilines is 1. The third-order valence-corrected chi connectivity index (χ3v) is 2.94. The predicted molar refractivity (Wildman–Crippen MR) is 57.6 cm³/mol. The van der Waals surface area contributed by atoms with Crippen molar-refractivity contribution in [2.24, 2.45) is 0 Å². The van der Waals surface area contributed by atoms with Crippen molar-refractivity contribution in [1.29, 1.82) is 0 Å². The van der Waals surface area contributed by atoms with Crippen LogP contribution in [0.15, 0.2) is 6.07 Å². The van der Waals surface area contributed by atoms with Gasteiger partial charge >= 0.3 is 0 Å². The molecule has 1 fully saturated rings. The molecule has 1 aliphatic heterocycles. The van der Waals surface area contributed by atoms with Crippen LogP contribution < -0.4 is 11.1 Å². The molecule has 1 atom stereocenters. The summed E-state index contributed by atoms with van der Waals surface area (Å²) in [7, 11) is 0. The first-order valence-corrected chi connectivity index (χ1v) is 5.57. The molecular weight excluding hydrogens is 233 g/mol. The molecule has 0 saturated carbocycles. The van der Waals surface area contributed by atoms with Crippen molar-refractivity contribution in [1.82, 2.24) is 15.1 Å². The zero-order valence-electron chi connectivity index (χ0n) is 9.24. The Bertz CT molecular complexity index is 374. The van der Waals surface area contributed by atoms with E-state index in [0.29, 0.717) is 0 Å². The second-order valence-corrected chi connectivity index (χ2v) is 4.16. The molecule has 1 aromatic heterocycles. The van der Waals surface area contributed by atoms with Crippen molar-refractivity contribution in [3.05, 3.63) is 11.8 Å². The molecule has 0 aliphatic carbocycles. The minimum atomic E-state index is -3.06. The van der Waals surface area contributed by atoms with Crippen molar-refractivity contribution in [3.63, 3.8) is 0 Å². The summed E-state index contributed by atoms with van der Waals surface area (Å²) in [4.78, 5) is 0. The fourth-order valence-electron chi connectivity index (χ4n) is 2.04. The normalized spacial score (nSPS) is 19.8. The summed E-state index contributed by atoms with van der Waals surface area (Å²) >= 11 is 0. The highest BCUT2D eigenvalue weighted by Gasteiger charge is 2.27. The van der Waals surface area contributed by atoms with Crippen LogP contribution in [0.1, 0.15) is 30.7 Å². The molecule has 1 aromatic rings. The Labute approximate surface area is 97.0 Å². The smallest absolute Gasteiger partial charge is 0.275 e. The second kappa shape index (κ2) is 4.95. The number of hydrogen-bond acceptors (Lipinski definition) is 3. The van der Waals surface area contributed by atoms with Gasteiger partial charge in [-0.2, -0.15) is 5.10 Å². The van der Waals surface area contributed by atoms with Crippen LogP contribution in [-0.4, -0.2) is 29.3 Å². The van der Waals surface area contributed by atoms with Gasteiger partial charge in [-0.3, -0.25) is 0 Å². The quantitative estimate of drug-likeness (QED) is 0.855. The van der Waals surface area contributed by atoms with Gasteiger partial charge in [0.2, 0.25) is 6.17 Å². The molecule has 0 amide bonds. The number of nitrogens with one attached hydrogen (secondary N) is 1. The Balaban J connectivity index is 2.17. The molecule has 17 heavy (non-hydrogen) atoms. The zero-order valence-corrected chi connectivity index (χ0v) is 9.24. The number of nitrogens with two attached hydrogens (primary N) is 1. The van der Waals surface area contributed by atoms with E-state index in [9.17, 15) is 13.2 Å². The molecule has 0 aromatic carbocycles. The average molecular weight is 248 g/mol. The first-order chi connectivity index (χ1) is 8.09. The van der Waals surface area contributed by atoms with E-state index < -0.39 is 12.6 Å². The fraction of sp³-hybridized carbons (Fsp3) is 0.700. The van der Waals surface area contributed by atoms with Crippen molar-refractivity contribution >= 4 is 5.82 Å². The maximum atomic E-state index is 13.1. The molecule has 0 spiro atoms. The Morgan fingerprint density at radius 3 is 2.59 bits per heavy atom. The highest BCUT2D eigenvalue weighted by Crippen LogP contribution is 2.28. The molecule has 96 valence electrons. The van der Waals surface area contributed by atoms with E-state index in [1.54, 1.807) is 0 Å². The summed E-state index contributed by atoms with van der Waals surface area (Å²) in [6, 6.07) is 1.26. The summed E-state index contributed by atoms with van der Waals surface area (Å²) < 4.78 is 39.0. The van der Waals surface area contributed by atoms with Crippen molar-refractivity contribution in [2.75, 3.05) is 18.8 Å². The van der Waals surface area contributed by atoms with Crippen LogP contribution in [-0.2, 0) is 0 Å². The van der Waals surface area contributed by atoms with Gasteiger partial charge in [0.15, 0.2) is 0 Å². The molecule has 2 rings (SSSR count). The van der Waals surface area contributed by atoms with E-state index in [4.69, 9.17) is 5.73 Å². The lowest BCUT2D eigenvalue weighted by molar-refractivity contribution is 0.0467. The lowest BCUT2D eigenvalue weighted by Gasteiger charge is -2.23. The minimum Gasteiger partial charge on any atom is -0.384 e. The van der Waals surface area contributed by atoms with E-state index in [2.05, 4.69) is 10.4 Å². The first kappa shape index (κ1) is 12.2. The SMILES string of the molecule is Nc1cc(C(F)C(F)F)nn1C1CCNCC1. The number of rotatable bonds is 3. The average Bonchev–Trinajstić information content (AvgIpc) is 2.71. The standard InChI is InChI=1S/C10H15F3N4/c11-9(10(12)13)7-5-8(14)17(16-7)6-1-3-15-4-2-6/h5-6,9-10,15H,1-4,14H2. The highest BCUT2D eigenvalue weighted by atomic mass is 19.3. The molecule has 2 heterocycles. The Morgan fingerprint density at radius 2 is 2.00 bits per heavy atom. The molecule has 1 aliphatic rings. The lowest BCUT2D eigenvalue weighted by Crippen LogP contribution is -2.30. The van der Waals surface area contributed by atoms with Crippen LogP contribution in [0.5, 0.6) is 0 Å². The van der Waals surface area contributed by atoms with Gasteiger partial charge in [-0.1, -0.05) is 0 Å². The van der Waals surface area contributed by atoms with Crippen LogP contribution >= 0.6 is 0 Å². The van der Waals surface area contributed by atoms with Crippen LogP contribution in [0, 0.1) is 0 Å². The molecule has 1 saturated heterocycles. The Kier molecular flexibility index (Phi) is 3.56. The maximum absolute atomic E-state index is 13.1. The Morgan fingerprint density at radius 1 is 1.35 bits per heavy atom.